The zero-order valence-electron chi connectivity index (χ0n) is 12.5. The summed E-state index contributed by atoms with van der Waals surface area (Å²) in [5.74, 6) is -1.34. The number of guanidine groups is 1. The van der Waals surface area contributed by atoms with Gasteiger partial charge >= 0.3 is 10.1 Å². The molecule has 23 heavy (non-hydrogen) atoms. The average molecular weight is 339 g/mol. The molecule has 0 unspecified atom stereocenters. The molecular formula is C14H17N3O5S. The zero-order valence-corrected chi connectivity index (χ0v) is 13.3. The van der Waals surface area contributed by atoms with Crippen molar-refractivity contribution in [3.63, 3.8) is 0 Å². The van der Waals surface area contributed by atoms with Crippen LogP contribution in [0.2, 0.25) is 0 Å². The predicted molar refractivity (Wildman–Crippen MR) is 85.0 cm³/mol. The molecule has 0 amide bonds. The Kier molecular flexibility index (Phi) is 4.89. The van der Waals surface area contributed by atoms with Crippen LogP contribution in [0.25, 0.3) is 6.08 Å². The lowest BCUT2D eigenvalue weighted by atomic mass is 10.0. The van der Waals surface area contributed by atoms with Crippen LogP contribution >= 0.6 is 0 Å². The number of nitrogens with zero attached hydrogens (tertiary/aromatic N) is 1. The van der Waals surface area contributed by atoms with E-state index < -0.39 is 27.6 Å². The molecule has 0 spiro atoms. The van der Waals surface area contributed by atoms with E-state index in [9.17, 15) is 13.2 Å². The zero-order chi connectivity index (χ0) is 17.0. The van der Waals surface area contributed by atoms with E-state index in [0.29, 0.717) is 17.7 Å². The number of carbonyl (C=O) groups is 1. The lowest BCUT2D eigenvalue weighted by Gasteiger charge is -2.05. The second-order valence-corrected chi connectivity index (χ2v) is 6.58. The second-order valence-electron chi connectivity index (χ2n) is 5.03. The third kappa shape index (κ3) is 4.71. The first-order valence-electron chi connectivity index (χ1n) is 6.74. The van der Waals surface area contributed by atoms with E-state index in [1.54, 1.807) is 6.08 Å². The molecule has 124 valence electrons. The van der Waals surface area contributed by atoms with E-state index in [0.717, 1.165) is 11.1 Å². The number of benzene rings is 1. The van der Waals surface area contributed by atoms with E-state index >= 15 is 0 Å². The largest absolute Gasteiger partial charge is 0.493 e. The molecule has 0 aliphatic carbocycles. The number of aryl methyl sites for hydroxylation is 1. The highest BCUT2D eigenvalue weighted by Crippen LogP contribution is 2.27. The highest BCUT2D eigenvalue weighted by atomic mass is 32.2. The van der Waals surface area contributed by atoms with Gasteiger partial charge in [0.05, 0.1) is 6.61 Å². The molecule has 2 rings (SSSR count). The van der Waals surface area contributed by atoms with Gasteiger partial charge in [-0.1, -0.05) is 11.6 Å². The minimum Gasteiger partial charge on any atom is -0.493 e. The van der Waals surface area contributed by atoms with Gasteiger partial charge in [-0.05, 0) is 30.3 Å². The molecular weight excluding hydrogens is 322 g/mol. The molecule has 0 radical (unpaired) electrons. The Morgan fingerprint density at radius 1 is 1.39 bits per heavy atom. The van der Waals surface area contributed by atoms with E-state index in [1.165, 1.54) is 0 Å². The van der Waals surface area contributed by atoms with Gasteiger partial charge in [-0.15, -0.1) is 0 Å². The molecule has 1 aromatic carbocycles. The third-order valence-electron chi connectivity index (χ3n) is 3.05. The molecule has 0 fully saturated rings. The van der Waals surface area contributed by atoms with Crippen LogP contribution in [0.15, 0.2) is 28.9 Å². The first-order chi connectivity index (χ1) is 10.8. The van der Waals surface area contributed by atoms with Gasteiger partial charge in [0, 0.05) is 17.6 Å². The summed E-state index contributed by atoms with van der Waals surface area (Å²) in [6, 6.07) is 5.57. The van der Waals surface area contributed by atoms with Gasteiger partial charge in [-0.2, -0.15) is 8.42 Å². The molecule has 9 heteroatoms. The topological polar surface area (TPSA) is 134 Å². The fourth-order valence-electron chi connectivity index (χ4n) is 2.04. The van der Waals surface area contributed by atoms with E-state index in [-0.39, 0.29) is 6.61 Å². The quantitative estimate of drug-likeness (QED) is 0.446. The van der Waals surface area contributed by atoms with E-state index in [2.05, 4.69) is 9.44 Å². The lowest BCUT2D eigenvalue weighted by molar-refractivity contribution is -0.113. The maximum atomic E-state index is 12.2. The molecule has 8 nitrogen and oxygen atoms in total. The van der Waals surface area contributed by atoms with Crippen molar-refractivity contribution in [2.45, 2.75) is 13.3 Å². The van der Waals surface area contributed by atoms with Crippen LogP contribution in [0.4, 0.5) is 0 Å². The Morgan fingerprint density at radius 2 is 2.13 bits per heavy atom. The maximum Gasteiger partial charge on any atom is 0.336 e. The van der Waals surface area contributed by atoms with Crippen molar-refractivity contribution in [1.29, 1.82) is 0 Å². The third-order valence-corrected chi connectivity index (χ3v) is 3.96. The minimum absolute atomic E-state index is 0.280. The van der Waals surface area contributed by atoms with Gasteiger partial charge in [0.25, 0.3) is 0 Å². The van der Waals surface area contributed by atoms with Crippen LogP contribution < -0.4 is 16.2 Å². The van der Waals surface area contributed by atoms with Crippen LogP contribution in [0.1, 0.15) is 17.5 Å². The van der Waals surface area contributed by atoms with E-state index in [4.69, 9.17) is 16.2 Å². The Labute approximate surface area is 133 Å². The highest BCUT2D eigenvalue weighted by molar-refractivity contribution is 7.87. The van der Waals surface area contributed by atoms with Crippen LogP contribution in [0.5, 0.6) is 5.75 Å². The standard InChI is InChI=1S/C14H17N3O5S/c1-9-2-3-13-11(6-9)7-10(4-5-21-13)12(18)8-23(19,20)22-17-14(15)16/h2-3,6-7H,4-5,8H2,1H3,(H4,15,16,17). The van der Waals surface area contributed by atoms with Crippen LogP contribution in [-0.4, -0.2) is 32.5 Å². The smallest absolute Gasteiger partial charge is 0.336 e. The monoisotopic (exact) mass is 339 g/mol. The summed E-state index contributed by atoms with van der Waals surface area (Å²) in [6.45, 7) is 2.19. The van der Waals surface area contributed by atoms with Crippen LogP contribution in [0, 0.1) is 6.92 Å². The van der Waals surface area contributed by atoms with Crippen molar-refractivity contribution in [3.8, 4) is 5.75 Å². The molecule has 1 heterocycles. The second kappa shape index (κ2) is 6.69. The number of hydrogen-bond acceptors (Lipinski definition) is 6. The fourth-order valence-corrected chi connectivity index (χ4v) is 2.80. The Balaban J connectivity index is 2.20. The van der Waals surface area contributed by atoms with E-state index in [1.807, 2.05) is 25.1 Å². The van der Waals surface area contributed by atoms with Crippen LogP contribution in [-0.2, 0) is 19.2 Å². The number of oxime groups is 1. The van der Waals surface area contributed by atoms with Crippen molar-refractivity contribution < 1.29 is 22.2 Å². The van der Waals surface area contributed by atoms with Gasteiger partial charge in [-0.3, -0.25) is 9.08 Å². The van der Waals surface area contributed by atoms with Gasteiger partial charge in [-0.25, -0.2) is 0 Å². The fraction of sp³-hybridized carbons (Fsp3) is 0.286. The summed E-state index contributed by atoms with van der Waals surface area (Å²) in [7, 11) is -4.20. The predicted octanol–water partition coefficient (Wildman–Crippen LogP) is 0.265. The van der Waals surface area contributed by atoms with Crippen molar-refractivity contribution in [3.05, 3.63) is 34.9 Å². The molecule has 1 aliphatic heterocycles. The summed E-state index contributed by atoms with van der Waals surface area (Å²) >= 11 is 0. The first-order valence-corrected chi connectivity index (χ1v) is 8.32. The van der Waals surface area contributed by atoms with Crippen molar-refractivity contribution in [1.82, 2.24) is 0 Å². The average Bonchev–Trinajstić information content (AvgIpc) is 2.66. The Bertz CT molecular complexity index is 780. The summed E-state index contributed by atoms with van der Waals surface area (Å²) in [5.41, 5.74) is 12.0. The molecule has 1 aromatic rings. The number of fused-ring (bicyclic) bond motifs is 1. The van der Waals surface area contributed by atoms with Gasteiger partial charge in [0.1, 0.15) is 5.75 Å². The molecule has 0 saturated carbocycles. The minimum atomic E-state index is -4.20. The Hall–Kier alpha value is -2.55. The lowest BCUT2D eigenvalue weighted by Crippen LogP contribution is -2.25. The number of ether oxygens (including phenoxy) is 1. The van der Waals surface area contributed by atoms with Gasteiger partial charge in [0.15, 0.2) is 11.5 Å². The van der Waals surface area contributed by atoms with Crippen molar-refractivity contribution in [2.75, 3.05) is 12.4 Å². The summed E-state index contributed by atoms with van der Waals surface area (Å²) < 4.78 is 33.1. The number of Topliss-reactive ketones (excluding diaryl/α,β-unsaturated/α-hetero) is 1. The number of ketones is 1. The number of carbonyl (C=O) groups excluding carboxylic acids is 1. The molecule has 0 bridgehead atoms. The Morgan fingerprint density at radius 3 is 2.83 bits per heavy atom. The highest BCUT2D eigenvalue weighted by Gasteiger charge is 2.23. The normalized spacial score (nSPS) is 13.9. The van der Waals surface area contributed by atoms with Gasteiger partial charge in [0.2, 0.25) is 5.96 Å². The first kappa shape index (κ1) is 16.8. The van der Waals surface area contributed by atoms with Crippen molar-refractivity contribution >= 4 is 27.9 Å². The summed E-state index contributed by atoms with van der Waals surface area (Å²) in [5, 5.41) is 2.95. The SMILES string of the molecule is Cc1ccc2c(c1)C=C(C(=O)CS(=O)(=O)ON=C(N)N)CCO2. The molecule has 4 N–H and O–H groups in total. The van der Waals surface area contributed by atoms with Crippen LogP contribution in [0.3, 0.4) is 0 Å². The maximum absolute atomic E-state index is 12.2. The molecule has 0 aromatic heterocycles. The molecule has 0 saturated heterocycles. The van der Waals surface area contributed by atoms with Crippen molar-refractivity contribution in [2.24, 2.45) is 16.6 Å². The number of nitrogens with two attached hydrogens (primary N) is 2. The number of rotatable bonds is 5. The molecule has 0 atom stereocenters. The summed E-state index contributed by atoms with van der Waals surface area (Å²) in [4.78, 5) is 12.2. The van der Waals surface area contributed by atoms with Gasteiger partial charge < -0.3 is 16.2 Å². The molecule has 1 aliphatic rings. The number of hydrogen-bond donors (Lipinski definition) is 2. The summed E-state index contributed by atoms with van der Waals surface area (Å²) in [6.07, 6.45) is 1.93.